The molecule has 1 amide bonds. The van der Waals surface area contributed by atoms with Crippen LogP contribution in [0.5, 0.6) is 0 Å². The van der Waals surface area contributed by atoms with Crippen molar-refractivity contribution in [2.24, 2.45) is 4.99 Å². The van der Waals surface area contributed by atoms with Crippen molar-refractivity contribution < 1.29 is 9.72 Å². The summed E-state index contributed by atoms with van der Waals surface area (Å²) in [7, 11) is 0. The zero-order valence-electron chi connectivity index (χ0n) is 13.1. The largest absolute Gasteiger partial charge is 0.286 e. The van der Waals surface area contributed by atoms with Crippen LogP contribution in [0.15, 0.2) is 58.0 Å². The normalized spacial score (nSPS) is 13.6. The minimum atomic E-state index is -0.412. The lowest BCUT2D eigenvalue weighted by atomic mass is 10.2. The Bertz CT molecular complexity index is 857. The number of nitro groups is 1. The third kappa shape index (κ3) is 4.26. The van der Waals surface area contributed by atoms with Crippen LogP contribution in [0.2, 0.25) is 0 Å². The van der Waals surface area contributed by atoms with Gasteiger partial charge in [-0.1, -0.05) is 45.9 Å². The van der Waals surface area contributed by atoms with E-state index in [1.54, 1.807) is 29.2 Å². The molecule has 0 N–H and O–H groups in total. The molecule has 128 valence electrons. The van der Waals surface area contributed by atoms with E-state index in [2.05, 4.69) is 20.9 Å². The van der Waals surface area contributed by atoms with Gasteiger partial charge < -0.3 is 0 Å². The Labute approximate surface area is 157 Å². The molecule has 2 aromatic carbocycles. The first-order chi connectivity index (χ1) is 12.0. The number of carbonyl (C=O) groups excluding carboxylic acids is 1. The number of amidine groups is 1. The van der Waals surface area contributed by atoms with E-state index in [-0.39, 0.29) is 11.6 Å². The summed E-state index contributed by atoms with van der Waals surface area (Å²) in [5, 5.41) is 11.5. The molecule has 25 heavy (non-hydrogen) atoms. The Morgan fingerprint density at radius 3 is 2.84 bits per heavy atom. The number of amides is 1. The minimum absolute atomic E-state index is 0.0635. The number of hydrogen-bond acceptors (Lipinski definition) is 5. The van der Waals surface area contributed by atoms with Crippen molar-refractivity contribution in [1.29, 1.82) is 0 Å². The molecular formula is C17H14BrN3O3S. The third-order valence-electron chi connectivity index (χ3n) is 3.61. The summed E-state index contributed by atoms with van der Waals surface area (Å²) < 4.78 is 0.847. The van der Waals surface area contributed by atoms with E-state index < -0.39 is 4.92 Å². The van der Waals surface area contributed by atoms with Crippen molar-refractivity contribution in [2.45, 2.75) is 5.75 Å². The number of benzene rings is 2. The molecule has 3 rings (SSSR count). The molecule has 8 heteroatoms. The molecule has 0 saturated carbocycles. The number of carbonyl (C=O) groups is 1. The zero-order chi connectivity index (χ0) is 17.8. The maximum Gasteiger partial charge on any atom is 0.269 e. The van der Waals surface area contributed by atoms with Crippen molar-refractivity contribution in [3.8, 4) is 0 Å². The summed E-state index contributed by atoms with van der Waals surface area (Å²) in [4.78, 5) is 29.2. The number of nitrogens with zero attached hydrogens (tertiary/aromatic N) is 3. The van der Waals surface area contributed by atoms with Crippen molar-refractivity contribution >= 4 is 44.5 Å². The highest BCUT2D eigenvalue weighted by Crippen LogP contribution is 2.24. The highest BCUT2D eigenvalue weighted by atomic mass is 79.9. The number of non-ortho nitro benzene ring substituents is 1. The molecule has 0 spiro atoms. The third-order valence-corrected chi connectivity index (χ3v) is 5.19. The van der Waals surface area contributed by atoms with Gasteiger partial charge in [-0.15, -0.1) is 0 Å². The molecule has 0 aliphatic carbocycles. The fraction of sp³-hybridized carbons (Fsp3) is 0.176. The average Bonchev–Trinajstić information content (AvgIpc) is 3.08. The molecule has 0 saturated heterocycles. The molecule has 6 nitrogen and oxygen atoms in total. The van der Waals surface area contributed by atoms with Crippen molar-refractivity contribution in [3.63, 3.8) is 0 Å². The Morgan fingerprint density at radius 1 is 1.28 bits per heavy atom. The zero-order valence-corrected chi connectivity index (χ0v) is 15.5. The number of halogens is 1. The van der Waals surface area contributed by atoms with Crippen molar-refractivity contribution in [1.82, 2.24) is 4.90 Å². The number of rotatable bonds is 4. The summed E-state index contributed by atoms with van der Waals surface area (Å²) >= 11 is 4.79. The lowest BCUT2D eigenvalue weighted by molar-refractivity contribution is -0.384. The summed E-state index contributed by atoms with van der Waals surface area (Å²) in [5.74, 6) is 0.423. The van der Waals surface area contributed by atoms with Gasteiger partial charge in [-0.05, 0) is 23.8 Å². The first kappa shape index (κ1) is 17.6. The van der Waals surface area contributed by atoms with Crippen molar-refractivity contribution in [3.05, 3.63) is 74.2 Å². The van der Waals surface area contributed by atoms with Crippen molar-refractivity contribution in [2.75, 3.05) is 13.1 Å². The van der Waals surface area contributed by atoms with Gasteiger partial charge in [0.05, 0.1) is 11.5 Å². The Kier molecular flexibility index (Phi) is 5.50. The van der Waals surface area contributed by atoms with Gasteiger partial charge in [-0.2, -0.15) is 0 Å². The van der Waals surface area contributed by atoms with Crippen LogP contribution in [0.3, 0.4) is 0 Å². The minimum Gasteiger partial charge on any atom is -0.286 e. The smallest absolute Gasteiger partial charge is 0.269 e. The monoisotopic (exact) mass is 419 g/mol. The van der Waals surface area contributed by atoms with Crippen LogP contribution in [-0.2, 0) is 5.75 Å². The highest BCUT2D eigenvalue weighted by molar-refractivity contribution is 9.10. The molecule has 1 aliphatic heterocycles. The molecule has 1 aliphatic rings. The molecule has 0 aromatic heterocycles. The summed E-state index contributed by atoms with van der Waals surface area (Å²) in [5.41, 5.74) is 1.48. The van der Waals surface area contributed by atoms with E-state index in [4.69, 9.17) is 0 Å². The van der Waals surface area contributed by atoms with Gasteiger partial charge in [0, 0.05) is 34.5 Å². The van der Waals surface area contributed by atoms with Gasteiger partial charge in [0.25, 0.3) is 11.6 Å². The van der Waals surface area contributed by atoms with Crippen LogP contribution in [0, 0.1) is 10.1 Å². The topological polar surface area (TPSA) is 75.8 Å². The van der Waals surface area contributed by atoms with E-state index >= 15 is 0 Å². The second-order valence-corrected chi connectivity index (χ2v) is 7.21. The summed E-state index contributed by atoms with van der Waals surface area (Å²) in [6.07, 6.45) is 0. The van der Waals surface area contributed by atoms with E-state index in [0.717, 1.165) is 10.0 Å². The summed E-state index contributed by atoms with van der Waals surface area (Å²) in [6, 6.07) is 13.7. The van der Waals surface area contributed by atoms with Gasteiger partial charge in [-0.3, -0.25) is 24.8 Å². The second kappa shape index (κ2) is 7.79. The number of aliphatic imine (C=N–C) groups is 1. The standard InChI is InChI=1S/C17H14BrN3O3S/c18-14-5-2-4-13(10-14)16(22)20-8-7-19-17(20)25-11-12-3-1-6-15(9-12)21(23)24/h1-6,9-10H,7-8,11H2. The fourth-order valence-electron chi connectivity index (χ4n) is 2.42. The van der Waals surface area contributed by atoms with Gasteiger partial charge in [0.15, 0.2) is 5.17 Å². The Hall–Kier alpha value is -2.19. The van der Waals surface area contributed by atoms with Crippen LogP contribution in [0.25, 0.3) is 0 Å². The Balaban J connectivity index is 1.69. The van der Waals surface area contributed by atoms with Crippen LogP contribution in [0.1, 0.15) is 15.9 Å². The summed E-state index contributed by atoms with van der Waals surface area (Å²) in [6.45, 7) is 1.11. The van der Waals surface area contributed by atoms with Gasteiger partial charge in [-0.25, -0.2) is 0 Å². The number of thioether (sulfide) groups is 1. The lowest BCUT2D eigenvalue weighted by Gasteiger charge is -2.18. The van der Waals surface area contributed by atoms with E-state index in [9.17, 15) is 14.9 Å². The predicted octanol–water partition coefficient (Wildman–Crippen LogP) is 4.10. The molecule has 1 heterocycles. The van der Waals surface area contributed by atoms with E-state index in [0.29, 0.717) is 29.6 Å². The SMILES string of the molecule is O=C(c1cccc(Br)c1)N1CCN=C1SCc1cccc([N+](=O)[O-])c1. The molecule has 0 fully saturated rings. The molecule has 0 bridgehead atoms. The molecule has 0 radical (unpaired) electrons. The number of hydrogen-bond donors (Lipinski definition) is 0. The maximum absolute atomic E-state index is 12.7. The van der Waals surface area contributed by atoms with Gasteiger partial charge in [0.1, 0.15) is 0 Å². The maximum atomic E-state index is 12.7. The molecule has 0 atom stereocenters. The number of nitro benzene ring substituents is 1. The Morgan fingerprint density at radius 2 is 2.08 bits per heavy atom. The van der Waals surface area contributed by atoms with Gasteiger partial charge >= 0.3 is 0 Å². The van der Waals surface area contributed by atoms with Crippen LogP contribution >= 0.6 is 27.7 Å². The van der Waals surface area contributed by atoms with E-state index in [1.165, 1.54) is 17.8 Å². The van der Waals surface area contributed by atoms with Crippen LogP contribution < -0.4 is 0 Å². The first-order valence-electron chi connectivity index (χ1n) is 7.52. The van der Waals surface area contributed by atoms with E-state index in [1.807, 2.05) is 18.2 Å². The van der Waals surface area contributed by atoms with Gasteiger partial charge in [0.2, 0.25) is 0 Å². The first-order valence-corrected chi connectivity index (χ1v) is 9.30. The average molecular weight is 420 g/mol. The molecular weight excluding hydrogens is 406 g/mol. The predicted molar refractivity (Wildman–Crippen MR) is 102 cm³/mol. The molecule has 2 aromatic rings. The molecule has 0 unspecified atom stereocenters. The fourth-order valence-corrected chi connectivity index (χ4v) is 3.81. The highest BCUT2D eigenvalue weighted by Gasteiger charge is 2.25. The second-order valence-electron chi connectivity index (χ2n) is 5.35. The van der Waals surface area contributed by atoms with Crippen LogP contribution in [-0.4, -0.2) is 34.0 Å². The van der Waals surface area contributed by atoms with Crippen LogP contribution in [0.4, 0.5) is 5.69 Å². The quantitative estimate of drug-likeness (QED) is 0.551. The lowest BCUT2D eigenvalue weighted by Crippen LogP contribution is -2.32.